The van der Waals surface area contributed by atoms with Crippen molar-refractivity contribution >= 4 is 0 Å². The second kappa shape index (κ2) is 3.77. The van der Waals surface area contributed by atoms with E-state index in [4.69, 9.17) is 0 Å². The number of hydrogen-bond acceptors (Lipinski definition) is 2. The van der Waals surface area contributed by atoms with E-state index in [2.05, 4.69) is 18.9 Å². The molecule has 0 atom stereocenters. The first kappa shape index (κ1) is 9.77. The Morgan fingerprint density at radius 2 is 1.93 bits per heavy atom. The van der Waals surface area contributed by atoms with Crippen LogP contribution in [0.3, 0.4) is 0 Å². The lowest BCUT2D eigenvalue weighted by Crippen LogP contribution is -1.97. The van der Waals surface area contributed by atoms with Crippen molar-refractivity contribution in [2.45, 2.75) is 19.8 Å². The van der Waals surface area contributed by atoms with Crippen LogP contribution in [0, 0.1) is 0 Å². The van der Waals surface area contributed by atoms with Crippen molar-refractivity contribution in [1.29, 1.82) is 0 Å². The molecule has 0 unspecified atom stereocenters. The highest BCUT2D eigenvalue weighted by molar-refractivity contribution is 5.44. The quantitative estimate of drug-likeness (QED) is 0.813. The molecule has 3 heteroatoms. The molecular weight excluding hydrogens is 188 g/mol. The van der Waals surface area contributed by atoms with Gasteiger partial charge in [-0.05, 0) is 24.1 Å². The van der Waals surface area contributed by atoms with Crippen LogP contribution in [0.15, 0.2) is 36.5 Å². The van der Waals surface area contributed by atoms with Gasteiger partial charge in [0.25, 0.3) is 0 Å². The molecule has 1 aromatic carbocycles. The summed E-state index contributed by atoms with van der Waals surface area (Å²) in [5.41, 5.74) is 1.74. The highest BCUT2D eigenvalue weighted by Crippen LogP contribution is 2.21. The van der Waals surface area contributed by atoms with Crippen molar-refractivity contribution in [3.8, 4) is 11.4 Å². The summed E-state index contributed by atoms with van der Waals surface area (Å²) in [5.74, 6) is 0.646. The Morgan fingerprint density at radius 1 is 1.20 bits per heavy atom. The molecule has 78 valence electrons. The zero-order valence-electron chi connectivity index (χ0n) is 8.88. The van der Waals surface area contributed by atoms with Crippen LogP contribution < -0.4 is 0 Å². The minimum atomic E-state index is 0.246. The molecule has 3 nitrogen and oxygen atoms in total. The number of rotatable bonds is 2. The van der Waals surface area contributed by atoms with E-state index in [1.807, 2.05) is 24.4 Å². The SMILES string of the molecule is CC(C)c1ccn(-c2ccccc2O)n1. The molecule has 0 saturated carbocycles. The minimum Gasteiger partial charge on any atom is -0.506 e. The maximum absolute atomic E-state index is 9.65. The van der Waals surface area contributed by atoms with Crippen LogP contribution in [-0.2, 0) is 0 Å². The van der Waals surface area contributed by atoms with E-state index in [1.165, 1.54) is 0 Å². The first-order valence-electron chi connectivity index (χ1n) is 5.02. The Bertz CT molecular complexity index is 460. The van der Waals surface area contributed by atoms with Crippen molar-refractivity contribution < 1.29 is 5.11 Å². The molecule has 2 aromatic rings. The molecule has 0 aliphatic heterocycles. The fourth-order valence-corrected chi connectivity index (χ4v) is 1.44. The lowest BCUT2D eigenvalue weighted by atomic mass is 10.1. The van der Waals surface area contributed by atoms with Gasteiger partial charge >= 0.3 is 0 Å². The van der Waals surface area contributed by atoms with Crippen LogP contribution in [0.4, 0.5) is 0 Å². The number of phenols is 1. The fourth-order valence-electron chi connectivity index (χ4n) is 1.44. The van der Waals surface area contributed by atoms with Crippen LogP contribution in [-0.4, -0.2) is 14.9 Å². The molecule has 0 spiro atoms. The van der Waals surface area contributed by atoms with E-state index in [9.17, 15) is 5.11 Å². The van der Waals surface area contributed by atoms with Crippen LogP contribution in [0.2, 0.25) is 0 Å². The number of phenolic OH excluding ortho intramolecular Hbond substituents is 1. The topological polar surface area (TPSA) is 38.0 Å². The van der Waals surface area contributed by atoms with Crippen molar-refractivity contribution in [3.63, 3.8) is 0 Å². The Labute approximate surface area is 89.0 Å². The summed E-state index contributed by atoms with van der Waals surface area (Å²) in [7, 11) is 0. The monoisotopic (exact) mass is 202 g/mol. The second-order valence-corrected chi connectivity index (χ2v) is 3.83. The van der Waals surface area contributed by atoms with E-state index in [0.717, 1.165) is 5.69 Å². The molecule has 1 heterocycles. The lowest BCUT2D eigenvalue weighted by molar-refractivity contribution is 0.470. The number of aromatic nitrogens is 2. The number of benzene rings is 1. The van der Waals surface area contributed by atoms with Gasteiger partial charge in [0.05, 0.1) is 5.69 Å². The summed E-state index contributed by atoms with van der Waals surface area (Å²) in [5, 5.41) is 14.0. The van der Waals surface area contributed by atoms with Crippen LogP contribution in [0.25, 0.3) is 5.69 Å². The van der Waals surface area contributed by atoms with Crippen molar-refractivity contribution in [2.75, 3.05) is 0 Å². The van der Waals surface area contributed by atoms with Crippen LogP contribution in [0.5, 0.6) is 5.75 Å². The first-order valence-corrected chi connectivity index (χ1v) is 5.02. The molecule has 0 radical (unpaired) electrons. The molecule has 1 N–H and O–H groups in total. The highest BCUT2D eigenvalue weighted by Gasteiger charge is 2.06. The van der Waals surface area contributed by atoms with Crippen molar-refractivity contribution in [2.24, 2.45) is 0 Å². The summed E-state index contributed by atoms with van der Waals surface area (Å²) in [4.78, 5) is 0. The lowest BCUT2D eigenvalue weighted by Gasteiger charge is -2.04. The van der Waals surface area contributed by atoms with Gasteiger partial charge in [-0.3, -0.25) is 0 Å². The third-order valence-corrected chi connectivity index (χ3v) is 2.33. The number of hydrogen-bond donors (Lipinski definition) is 1. The molecule has 2 rings (SSSR count). The van der Waals surface area contributed by atoms with Crippen molar-refractivity contribution in [3.05, 3.63) is 42.2 Å². The standard InChI is InChI=1S/C12H14N2O/c1-9(2)10-7-8-14(13-10)11-5-3-4-6-12(11)15/h3-9,15H,1-2H3. The Balaban J connectivity index is 2.42. The molecule has 0 aliphatic rings. The van der Waals surface area contributed by atoms with Gasteiger partial charge in [-0.1, -0.05) is 26.0 Å². The van der Waals surface area contributed by atoms with Gasteiger partial charge in [0.15, 0.2) is 0 Å². The predicted molar refractivity (Wildman–Crippen MR) is 59.3 cm³/mol. The summed E-state index contributed by atoms with van der Waals surface area (Å²) in [6.07, 6.45) is 1.87. The van der Waals surface area contributed by atoms with Gasteiger partial charge in [-0.25, -0.2) is 4.68 Å². The van der Waals surface area contributed by atoms with Gasteiger partial charge in [0, 0.05) is 6.20 Å². The number of aromatic hydroxyl groups is 1. The largest absolute Gasteiger partial charge is 0.506 e. The zero-order chi connectivity index (χ0) is 10.8. The zero-order valence-corrected chi connectivity index (χ0v) is 8.88. The third-order valence-electron chi connectivity index (χ3n) is 2.33. The smallest absolute Gasteiger partial charge is 0.141 e. The van der Waals surface area contributed by atoms with Gasteiger partial charge in [-0.2, -0.15) is 5.10 Å². The molecule has 0 aliphatic carbocycles. The average Bonchev–Trinajstić information content (AvgIpc) is 2.67. The summed E-state index contributed by atoms with van der Waals surface area (Å²) in [6, 6.07) is 9.15. The molecule has 0 saturated heterocycles. The van der Waals surface area contributed by atoms with Gasteiger partial charge in [0.1, 0.15) is 11.4 Å². The average molecular weight is 202 g/mol. The van der Waals surface area contributed by atoms with E-state index in [0.29, 0.717) is 11.6 Å². The van der Waals surface area contributed by atoms with Gasteiger partial charge in [-0.15, -0.1) is 0 Å². The predicted octanol–water partition coefficient (Wildman–Crippen LogP) is 2.70. The maximum atomic E-state index is 9.65. The molecule has 0 fully saturated rings. The Kier molecular flexibility index (Phi) is 2.46. The third kappa shape index (κ3) is 1.86. The maximum Gasteiger partial charge on any atom is 0.141 e. The number of nitrogens with zero attached hydrogens (tertiary/aromatic N) is 2. The molecule has 15 heavy (non-hydrogen) atoms. The highest BCUT2D eigenvalue weighted by atomic mass is 16.3. The molecule has 1 aromatic heterocycles. The van der Waals surface area contributed by atoms with Crippen molar-refractivity contribution in [1.82, 2.24) is 9.78 Å². The normalized spacial score (nSPS) is 10.9. The Hall–Kier alpha value is -1.77. The van der Waals surface area contributed by atoms with E-state index >= 15 is 0 Å². The van der Waals surface area contributed by atoms with E-state index < -0.39 is 0 Å². The molecule has 0 amide bonds. The van der Waals surface area contributed by atoms with E-state index in [-0.39, 0.29) is 5.75 Å². The van der Waals surface area contributed by atoms with Gasteiger partial charge < -0.3 is 5.11 Å². The van der Waals surface area contributed by atoms with Gasteiger partial charge in [0.2, 0.25) is 0 Å². The minimum absolute atomic E-state index is 0.246. The molecular formula is C12H14N2O. The van der Waals surface area contributed by atoms with Crippen LogP contribution in [0.1, 0.15) is 25.5 Å². The number of para-hydroxylation sites is 2. The Morgan fingerprint density at radius 3 is 2.53 bits per heavy atom. The van der Waals surface area contributed by atoms with Crippen LogP contribution >= 0.6 is 0 Å². The summed E-state index contributed by atoms with van der Waals surface area (Å²) in [6.45, 7) is 4.19. The first-order chi connectivity index (χ1) is 7.18. The second-order valence-electron chi connectivity index (χ2n) is 3.83. The molecule has 0 bridgehead atoms. The fraction of sp³-hybridized carbons (Fsp3) is 0.250. The van der Waals surface area contributed by atoms with E-state index in [1.54, 1.807) is 16.8 Å². The summed E-state index contributed by atoms with van der Waals surface area (Å²) < 4.78 is 1.70. The summed E-state index contributed by atoms with van der Waals surface area (Å²) >= 11 is 0.